The molecular formula is C14H17N. The number of aryl methyl sites for hydroxylation is 1. The fourth-order valence-corrected chi connectivity index (χ4v) is 2.13. The lowest BCUT2D eigenvalue weighted by Gasteiger charge is -2.12. The summed E-state index contributed by atoms with van der Waals surface area (Å²) in [5, 5.41) is 0. The maximum Gasteiger partial charge on any atom is 0.0317 e. The fourth-order valence-electron chi connectivity index (χ4n) is 2.13. The molecule has 2 N–H and O–H groups in total. The van der Waals surface area contributed by atoms with Crippen LogP contribution >= 0.6 is 0 Å². The fraction of sp³-hybridized carbons (Fsp3) is 0.286. The second-order valence-electron chi connectivity index (χ2n) is 4.21. The normalized spacial score (nSPS) is 19.4. The molecule has 0 spiro atoms. The van der Waals surface area contributed by atoms with Crippen LogP contribution in [0.5, 0.6) is 0 Å². The van der Waals surface area contributed by atoms with Crippen LogP contribution < -0.4 is 5.73 Å². The second-order valence-corrected chi connectivity index (χ2v) is 4.21. The largest absolute Gasteiger partial charge is 0.399 e. The van der Waals surface area contributed by atoms with Crippen molar-refractivity contribution in [1.29, 1.82) is 0 Å². The number of nitrogens with two attached hydrogens (primary N) is 1. The van der Waals surface area contributed by atoms with E-state index in [0.717, 1.165) is 5.56 Å². The van der Waals surface area contributed by atoms with E-state index in [2.05, 4.69) is 43.9 Å². The first-order valence-corrected chi connectivity index (χ1v) is 5.40. The van der Waals surface area contributed by atoms with Crippen LogP contribution in [-0.4, -0.2) is 0 Å². The summed E-state index contributed by atoms with van der Waals surface area (Å²) in [4.78, 5) is 0. The van der Waals surface area contributed by atoms with Gasteiger partial charge in [0.1, 0.15) is 0 Å². The van der Waals surface area contributed by atoms with Gasteiger partial charge in [0.2, 0.25) is 0 Å². The third-order valence-corrected chi connectivity index (χ3v) is 3.05. The predicted molar refractivity (Wildman–Crippen MR) is 65.5 cm³/mol. The molecule has 0 fully saturated rings. The summed E-state index contributed by atoms with van der Waals surface area (Å²) >= 11 is 0. The Bertz CT molecular complexity index is 415. The Balaban J connectivity index is 2.37. The van der Waals surface area contributed by atoms with Gasteiger partial charge in [0.25, 0.3) is 0 Å². The van der Waals surface area contributed by atoms with E-state index < -0.39 is 0 Å². The van der Waals surface area contributed by atoms with Crippen molar-refractivity contribution < 1.29 is 0 Å². The highest BCUT2D eigenvalue weighted by molar-refractivity contribution is 5.64. The third-order valence-electron chi connectivity index (χ3n) is 3.05. The topological polar surface area (TPSA) is 26.0 Å². The Morgan fingerprint density at radius 2 is 2.27 bits per heavy atom. The molecule has 0 radical (unpaired) electrons. The Hall–Kier alpha value is -1.50. The van der Waals surface area contributed by atoms with Crippen LogP contribution in [0.2, 0.25) is 0 Å². The van der Waals surface area contributed by atoms with E-state index in [0.29, 0.717) is 11.6 Å². The van der Waals surface area contributed by atoms with Crippen LogP contribution in [0.25, 0.3) is 5.70 Å². The van der Waals surface area contributed by atoms with Crippen LogP contribution in [0.15, 0.2) is 36.9 Å². The Labute approximate surface area is 91.3 Å². The molecule has 1 aromatic rings. The molecule has 15 heavy (non-hydrogen) atoms. The Morgan fingerprint density at radius 3 is 2.87 bits per heavy atom. The Morgan fingerprint density at radius 1 is 1.47 bits per heavy atom. The molecule has 0 saturated carbocycles. The van der Waals surface area contributed by atoms with Gasteiger partial charge in [0, 0.05) is 11.6 Å². The monoisotopic (exact) mass is 199 g/mol. The summed E-state index contributed by atoms with van der Waals surface area (Å²) in [5.41, 5.74) is 10.1. The molecule has 1 nitrogen and oxygen atoms in total. The van der Waals surface area contributed by atoms with Gasteiger partial charge in [-0.15, -0.1) is 0 Å². The zero-order valence-corrected chi connectivity index (χ0v) is 9.16. The minimum absolute atomic E-state index is 0.573. The molecule has 1 unspecified atom stereocenters. The highest BCUT2D eigenvalue weighted by Gasteiger charge is 2.12. The first kappa shape index (κ1) is 10.0. The lowest BCUT2D eigenvalue weighted by Crippen LogP contribution is -2.00. The zero-order chi connectivity index (χ0) is 10.8. The van der Waals surface area contributed by atoms with Gasteiger partial charge in [-0.05, 0) is 42.5 Å². The molecular weight excluding hydrogens is 182 g/mol. The van der Waals surface area contributed by atoms with Crippen molar-refractivity contribution >= 4 is 5.70 Å². The van der Waals surface area contributed by atoms with Crippen molar-refractivity contribution in [3.05, 3.63) is 53.6 Å². The van der Waals surface area contributed by atoms with E-state index in [1.807, 2.05) is 0 Å². The summed E-state index contributed by atoms with van der Waals surface area (Å²) in [7, 11) is 0. The van der Waals surface area contributed by atoms with Gasteiger partial charge in [-0.2, -0.15) is 0 Å². The molecule has 0 bridgehead atoms. The maximum absolute atomic E-state index is 5.77. The molecule has 1 heteroatoms. The van der Waals surface area contributed by atoms with Crippen molar-refractivity contribution in [2.24, 2.45) is 5.73 Å². The number of hydrogen-bond donors (Lipinski definition) is 1. The standard InChI is InChI=1S/C14H17N/c1-10-7-8-13(9-14(10)11(2)15)12-5-3-4-6-12/h3,5,7-9,12H,2,4,6,15H2,1H3. The summed E-state index contributed by atoms with van der Waals surface area (Å²) in [6.45, 7) is 5.88. The highest BCUT2D eigenvalue weighted by atomic mass is 14.6. The van der Waals surface area contributed by atoms with Gasteiger partial charge in [-0.1, -0.05) is 30.9 Å². The van der Waals surface area contributed by atoms with Crippen LogP contribution in [0.4, 0.5) is 0 Å². The lowest BCUT2D eigenvalue weighted by molar-refractivity contribution is 0.800. The van der Waals surface area contributed by atoms with E-state index in [-0.39, 0.29) is 0 Å². The lowest BCUT2D eigenvalue weighted by atomic mass is 9.94. The molecule has 78 valence electrons. The van der Waals surface area contributed by atoms with Gasteiger partial charge in [0.15, 0.2) is 0 Å². The SMILES string of the molecule is C=C(N)c1cc(C2C=CCC2)ccc1C. The smallest absolute Gasteiger partial charge is 0.0317 e. The number of hydrogen-bond acceptors (Lipinski definition) is 1. The average Bonchev–Trinajstić information content (AvgIpc) is 2.71. The molecule has 1 atom stereocenters. The molecule has 1 aliphatic rings. The first-order valence-electron chi connectivity index (χ1n) is 5.40. The number of benzene rings is 1. The molecule has 1 aliphatic carbocycles. The summed E-state index contributed by atoms with van der Waals surface area (Å²) < 4.78 is 0. The molecule has 1 aromatic carbocycles. The molecule has 0 heterocycles. The van der Waals surface area contributed by atoms with Gasteiger partial charge in [-0.3, -0.25) is 0 Å². The van der Waals surface area contributed by atoms with Crippen LogP contribution in [-0.2, 0) is 0 Å². The van der Waals surface area contributed by atoms with Crippen molar-refractivity contribution in [2.75, 3.05) is 0 Å². The third kappa shape index (κ3) is 1.96. The van der Waals surface area contributed by atoms with Crippen molar-refractivity contribution in [2.45, 2.75) is 25.7 Å². The van der Waals surface area contributed by atoms with Gasteiger partial charge in [-0.25, -0.2) is 0 Å². The number of allylic oxidation sites excluding steroid dienone is 2. The van der Waals surface area contributed by atoms with Crippen molar-refractivity contribution in [1.82, 2.24) is 0 Å². The number of rotatable bonds is 2. The summed E-state index contributed by atoms with van der Waals surface area (Å²) in [5.74, 6) is 0.573. The molecule has 2 rings (SSSR count). The maximum atomic E-state index is 5.77. The predicted octanol–water partition coefficient (Wildman–Crippen LogP) is 3.36. The molecule has 0 aliphatic heterocycles. The van der Waals surface area contributed by atoms with E-state index >= 15 is 0 Å². The first-order chi connectivity index (χ1) is 7.18. The molecule has 0 saturated heterocycles. The minimum atomic E-state index is 0.573. The summed E-state index contributed by atoms with van der Waals surface area (Å²) in [6, 6.07) is 6.51. The molecule has 0 aromatic heterocycles. The van der Waals surface area contributed by atoms with Crippen LogP contribution in [0.3, 0.4) is 0 Å². The van der Waals surface area contributed by atoms with Gasteiger partial charge < -0.3 is 5.73 Å². The van der Waals surface area contributed by atoms with E-state index in [4.69, 9.17) is 5.73 Å². The second kappa shape index (κ2) is 3.93. The van der Waals surface area contributed by atoms with Gasteiger partial charge >= 0.3 is 0 Å². The minimum Gasteiger partial charge on any atom is -0.399 e. The van der Waals surface area contributed by atoms with Gasteiger partial charge in [0.05, 0.1) is 0 Å². The highest BCUT2D eigenvalue weighted by Crippen LogP contribution is 2.30. The molecule has 0 amide bonds. The average molecular weight is 199 g/mol. The van der Waals surface area contributed by atoms with Crippen LogP contribution in [0, 0.1) is 6.92 Å². The summed E-state index contributed by atoms with van der Waals surface area (Å²) in [6.07, 6.45) is 6.95. The van der Waals surface area contributed by atoms with Crippen LogP contribution in [0.1, 0.15) is 35.4 Å². The zero-order valence-electron chi connectivity index (χ0n) is 9.16. The Kier molecular flexibility index (Phi) is 2.63. The van der Waals surface area contributed by atoms with Crippen molar-refractivity contribution in [3.8, 4) is 0 Å². The van der Waals surface area contributed by atoms with E-state index in [9.17, 15) is 0 Å². The van der Waals surface area contributed by atoms with E-state index in [1.165, 1.54) is 24.0 Å². The van der Waals surface area contributed by atoms with E-state index in [1.54, 1.807) is 0 Å². The quantitative estimate of drug-likeness (QED) is 0.726. The van der Waals surface area contributed by atoms with Crippen molar-refractivity contribution in [3.63, 3.8) is 0 Å².